The molecule has 0 spiro atoms. The Bertz CT molecular complexity index is 1330. The molecular weight excluding hydrogens is 420 g/mol. The second kappa shape index (κ2) is 7.70. The molecule has 4 aromatic rings. The minimum Gasteiger partial charge on any atom is -0.469 e. The van der Waals surface area contributed by atoms with Gasteiger partial charge in [-0.1, -0.05) is 12.1 Å². The van der Waals surface area contributed by atoms with Crippen LogP contribution >= 0.6 is 0 Å². The van der Waals surface area contributed by atoms with Crippen LogP contribution in [0.5, 0.6) is 0 Å². The van der Waals surface area contributed by atoms with Crippen LogP contribution in [-0.2, 0) is 4.79 Å². The Labute approximate surface area is 189 Å². The van der Waals surface area contributed by atoms with Crippen LogP contribution in [-0.4, -0.2) is 11.7 Å². The molecule has 0 saturated heterocycles. The molecule has 1 aromatic carbocycles. The highest BCUT2D eigenvalue weighted by Gasteiger charge is 2.43. The molecule has 0 bridgehead atoms. The highest BCUT2D eigenvalue weighted by molar-refractivity contribution is 6.10. The minimum atomic E-state index is -0.742. The van der Waals surface area contributed by atoms with Crippen molar-refractivity contribution in [2.45, 2.75) is 24.8 Å². The van der Waals surface area contributed by atoms with Crippen LogP contribution in [0, 0.1) is 0 Å². The van der Waals surface area contributed by atoms with Gasteiger partial charge in [0.1, 0.15) is 17.6 Å². The summed E-state index contributed by atoms with van der Waals surface area (Å²) in [5, 5.41) is 3.46. The molecular formula is C26H20N2O5. The Balaban J connectivity index is 1.56. The standard InChI is InChI=1S/C26H20N2O5/c29-20-15-16(21-8-3-11-31-21)14-18-24(20)25(22-9-4-12-32-22)28(26(30)23-10-5-13-33-23)19-7-2-1-6-17(19)27-18/h1-13,16,25,27H,14-15H2/t16-,25+/m0/s1. The number of nitrogens with zero attached hydrogens (tertiary/aromatic N) is 1. The highest BCUT2D eigenvalue weighted by Crippen LogP contribution is 2.47. The lowest BCUT2D eigenvalue weighted by Gasteiger charge is -2.32. The summed E-state index contributed by atoms with van der Waals surface area (Å²) in [6, 6.07) is 17.3. The summed E-state index contributed by atoms with van der Waals surface area (Å²) in [6.45, 7) is 0. The third-order valence-electron chi connectivity index (χ3n) is 6.20. The number of anilines is 2. The maximum absolute atomic E-state index is 13.7. The van der Waals surface area contributed by atoms with Crippen molar-refractivity contribution < 1.29 is 22.8 Å². The fourth-order valence-corrected chi connectivity index (χ4v) is 4.77. The van der Waals surface area contributed by atoms with Crippen molar-refractivity contribution in [1.82, 2.24) is 0 Å². The number of ketones is 1. The van der Waals surface area contributed by atoms with E-state index in [1.54, 1.807) is 41.7 Å². The summed E-state index contributed by atoms with van der Waals surface area (Å²) in [7, 11) is 0. The monoisotopic (exact) mass is 440 g/mol. The van der Waals surface area contributed by atoms with E-state index in [1.807, 2.05) is 36.4 Å². The van der Waals surface area contributed by atoms with E-state index in [1.165, 1.54) is 6.26 Å². The molecule has 0 radical (unpaired) electrons. The lowest BCUT2D eigenvalue weighted by molar-refractivity contribution is -0.116. The molecule has 0 fully saturated rings. The zero-order valence-electron chi connectivity index (χ0n) is 17.6. The lowest BCUT2D eigenvalue weighted by atomic mass is 9.81. The maximum atomic E-state index is 13.7. The maximum Gasteiger partial charge on any atom is 0.294 e. The zero-order chi connectivity index (χ0) is 22.4. The number of nitrogens with one attached hydrogen (secondary N) is 1. The number of Topliss-reactive ketones (excluding diaryl/α,β-unsaturated/α-hetero) is 1. The van der Waals surface area contributed by atoms with E-state index in [0.29, 0.717) is 23.4 Å². The second-order valence-electron chi connectivity index (χ2n) is 8.15. The van der Waals surface area contributed by atoms with Crippen LogP contribution in [0.3, 0.4) is 0 Å². The van der Waals surface area contributed by atoms with Crippen molar-refractivity contribution in [3.8, 4) is 0 Å². The Morgan fingerprint density at radius 3 is 2.30 bits per heavy atom. The fourth-order valence-electron chi connectivity index (χ4n) is 4.77. The van der Waals surface area contributed by atoms with Gasteiger partial charge in [-0.25, -0.2) is 0 Å². The molecule has 7 nitrogen and oxygen atoms in total. The Morgan fingerprint density at radius 1 is 0.848 bits per heavy atom. The molecule has 0 unspecified atom stereocenters. The topological polar surface area (TPSA) is 88.8 Å². The van der Waals surface area contributed by atoms with Gasteiger partial charge in [0.25, 0.3) is 5.91 Å². The van der Waals surface area contributed by atoms with Crippen molar-refractivity contribution in [2.24, 2.45) is 0 Å². The number of carbonyl (C=O) groups is 2. The summed E-state index contributed by atoms with van der Waals surface area (Å²) in [6.07, 6.45) is 5.48. The first-order valence-corrected chi connectivity index (χ1v) is 10.8. The van der Waals surface area contributed by atoms with E-state index in [-0.39, 0.29) is 29.8 Å². The number of hydrogen-bond donors (Lipinski definition) is 1. The van der Waals surface area contributed by atoms with E-state index < -0.39 is 6.04 Å². The fraction of sp³-hybridized carbons (Fsp3) is 0.154. The first-order valence-electron chi connectivity index (χ1n) is 10.8. The van der Waals surface area contributed by atoms with Gasteiger partial charge in [0.2, 0.25) is 0 Å². The molecule has 7 heteroatoms. The molecule has 2 aliphatic rings. The van der Waals surface area contributed by atoms with Gasteiger partial charge in [0.15, 0.2) is 11.5 Å². The molecule has 6 rings (SSSR count). The smallest absolute Gasteiger partial charge is 0.294 e. The molecule has 2 atom stereocenters. The van der Waals surface area contributed by atoms with Crippen LogP contribution in [0.15, 0.2) is 104 Å². The van der Waals surface area contributed by atoms with Crippen molar-refractivity contribution in [3.63, 3.8) is 0 Å². The Kier molecular flexibility index (Phi) is 4.54. The number of rotatable bonds is 3. The van der Waals surface area contributed by atoms with Crippen LogP contribution in [0.1, 0.15) is 46.9 Å². The van der Waals surface area contributed by atoms with Crippen LogP contribution in [0.4, 0.5) is 11.4 Å². The lowest BCUT2D eigenvalue weighted by Crippen LogP contribution is -2.38. The number of carbonyl (C=O) groups excluding carboxylic acids is 2. The second-order valence-corrected chi connectivity index (χ2v) is 8.15. The number of furan rings is 3. The van der Waals surface area contributed by atoms with E-state index in [4.69, 9.17) is 13.3 Å². The highest BCUT2D eigenvalue weighted by atomic mass is 16.3. The van der Waals surface area contributed by atoms with Crippen LogP contribution in [0.2, 0.25) is 0 Å². The van der Waals surface area contributed by atoms with E-state index in [9.17, 15) is 9.59 Å². The van der Waals surface area contributed by atoms with Gasteiger partial charge < -0.3 is 18.6 Å². The van der Waals surface area contributed by atoms with Gasteiger partial charge in [-0.2, -0.15) is 0 Å². The quantitative estimate of drug-likeness (QED) is 0.441. The van der Waals surface area contributed by atoms with Gasteiger partial charge in [-0.3, -0.25) is 14.5 Å². The zero-order valence-corrected chi connectivity index (χ0v) is 17.6. The molecule has 1 amide bonds. The van der Waals surface area contributed by atoms with Gasteiger partial charge in [0.05, 0.1) is 30.2 Å². The molecule has 33 heavy (non-hydrogen) atoms. The summed E-state index contributed by atoms with van der Waals surface area (Å²) in [5.41, 5.74) is 2.64. The van der Waals surface area contributed by atoms with Gasteiger partial charge in [0, 0.05) is 23.6 Å². The third kappa shape index (κ3) is 3.20. The van der Waals surface area contributed by atoms with E-state index in [0.717, 1.165) is 17.1 Å². The van der Waals surface area contributed by atoms with Crippen molar-refractivity contribution >= 4 is 23.1 Å². The molecule has 164 valence electrons. The Morgan fingerprint density at radius 2 is 1.58 bits per heavy atom. The van der Waals surface area contributed by atoms with Gasteiger partial charge >= 0.3 is 0 Å². The number of para-hydroxylation sites is 2. The summed E-state index contributed by atoms with van der Waals surface area (Å²) >= 11 is 0. The molecule has 3 aromatic heterocycles. The number of allylic oxidation sites excluding steroid dienone is 1. The average molecular weight is 440 g/mol. The molecule has 4 heterocycles. The van der Waals surface area contributed by atoms with Gasteiger partial charge in [-0.05, 0) is 55.0 Å². The van der Waals surface area contributed by atoms with Crippen molar-refractivity contribution in [2.75, 3.05) is 10.2 Å². The summed E-state index contributed by atoms with van der Waals surface area (Å²) in [5.74, 6) is 0.956. The molecule has 1 aliphatic heterocycles. The van der Waals surface area contributed by atoms with Crippen molar-refractivity contribution in [3.05, 3.63) is 108 Å². The van der Waals surface area contributed by atoms with Crippen LogP contribution in [0.25, 0.3) is 0 Å². The molecule has 0 saturated carbocycles. The molecule has 1 N–H and O–H groups in total. The van der Waals surface area contributed by atoms with Gasteiger partial charge in [-0.15, -0.1) is 0 Å². The number of benzene rings is 1. The number of amides is 1. The van der Waals surface area contributed by atoms with E-state index in [2.05, 4.69) is 5.32 Å². The van der Waals surface area contributed by atoms with Crippen LogP contribution < -0.4 is 10.2 Å². The van der Waals surface area contributed by atoms with Crippen molar-refractivity contribution in [1.29, 1.82) is 0 Å². The summed E-state index contributed by atoms with van der Waals surface area (Å²) in [4.78, 5) is 29.0. The predicted molar refractivity (Wildman–Crippen MR) is 120 cm³/mol. The normalized spacial score (nSPS) is 20.1. The average Bonchev–Trinajstić information content (AvgIpc) is 3.61. The first-order chi connectivity index (χ1) is 16.2. The number of hydrogen-bond acceptors (Lipinski definition) is 6. The largest absolute Gasteiger partial charge is 0.469 e. The molecule has 1 aliphatic carbocycles. The number of fused-ring (bicyclic) bond motifs is 1. The first kappa shape index (κ1) is 19.4. The SMILES string of the molecule is O=C1C[C@@H](c2ccco2)CC2=C1[C@@H](c1ccco1)N(C(=O)c1ccco1)c1ccccc1N2. The van der Waals surface area contributed by atoms with E-state index >= 15 is 0 Å². The third-order valence-corrected chi connectivity index (χ3v) is 6.20. The Hall–Kier alpha value is -4.26. The summed E-state index contributed by atoms with van der Waals surface area (Å²) < 4.78 is 16.8. The predicted octanol–water partition coefficient (Wildman–Crippen LogP) is 5.68. The minimum absolute atomic E-state index is 0.0587.